The fourth-order valence-electron chi connectivity index (χ4n) is 2.83. The van der Waals surface area contributed by atoms with Gasteiger partial charge in [0, 0.05) is 11.8 Å². The number of ketones is 1. The molecule has 0 N–H and O–H groups in total. The Morgan fingerprint density at radius 3 is 2.92 bits per heavy atom. The SMILES string of the molecule is CC1=CC[C@]2(C)C[C@H]1[C@@H](C)CC2=O. The summed E-state index contributed by atoms with van der Waals surface area (Å²) in [7, 11) is 0. The van der Waals surface area contributed by atoms with Crippen LogP contribution in [-0.2, 0) is 4.79 Å². The van der Waals surface area contributed by atoms with Crippen molar-refractivity contribution in [1.82, 2.24) is 0 Å². The fraction of sp³-hybridized carbons (Fsp3) is 0.750. The molecule has 3 atom stereocenters. The maximum absolute atomic E-state index is 11.8. The monoisotopic (exact) mass is 178 g/mol. The van der Waals surface area contributed by atoms with Crippen molar-refractivity contribution in [1.29, 1.82) is 0 Å². The molecule has 0 aromatic heterocycles. The van der Waals surface area contributed by atoms with E-state index in [9.17, 15) is 4.79 Å². The summed E-state index contributed by atoms with van der Waals surface area (Å²) in [5.74, 6) is 1.73. The predicted molar refractivity (Wildman–Crippen MR) is 53.4 cm³/mol. The minimum atomic E-state index is -0.0172. The van der Waals surface area contributed by atoms with E-state index in [4.69, 9.17) is 0 Å². The van der Waals surface area contributed by atoms with Gasteiger partial charge in [-0.3, -0.25) is 4.79 Å². The number of carbonyl (C=O) groups is 1. The number of hydrogen-bond donors (Lipinski definition) is 0. The molecule has 2 aliphatic rings. The number of carbonyl (C=O) groups excluding carboxylic acids is 1. The van der Waals surface area contributed by atoms with Crippen LogP contribution >= 0.6 is 0 Å². The highest BCUT2D eigenvalue weighted by atomic mass is 16.1. The third kappa shape index (κ3) is 1.25. The van der Waals surface area contributed by atoms with Crippen LogP contribution in [0.3, 0.4) is 0 Å². The van der Waals surface area contributed by atoms with Crippen molar-refractivity contribution in [3.63, 3.8) is 0 Å². The van der Waals surface area contributed by atoms with Crippen LogP contribution in [-0.4, -0.2) is 5.78 Å². The van der Waals surface area contributed by atoms with Crippen LogP contribution in [0.5, 0.6) is 0 Å². The Hall–Kier alpha value is -0.590. The van der Waals surface area contributed by atoms with Crippen molar-refractivity contribution in [3.8, 4) is 0 Å². The van der Waals surface area contributed by atoms with Crippen LogP contribution in [0.4, 0.5) is 0 Å². The Labute approximate surface area is 80.2 Å². The molecule has 0 aromatic rings. The third-order valence-electron chi connectivity index (χ3n) is 4.00. The quantitative estimate of drug-likeness (QED) is 0.521. The van der Waals surface area contributed by atoms with Gasteiger partial charge in [-0.05, 0) is 31.6 Å². The van der Waals surface area contributed by atoms with Crippen LogP contribution in [0.1, 0.15) is 40.0 Å². The normalized spacial score (nSPS) is 44.5. The average molecular weight is 178 g/mol. The van der Waals surface area contributed by atoms with Gasteiger partial charge < -0.3 is 0 Å². The zero-order chi connectivity index (χ0) is 9.64. The van der Waals surface area contributed by atoms with Gasteiger partial charge in [0.25, 0.3) is 0 Å². The highest BCUT2D eigenvalue weighted by Gasteiger charge is 2.44. The molecule has 1 fully saturated rings. The van der Waals surface area contributed by atoms with E-state index >= 15 is 0 Å². The van der Waals surface area contributed by atoms with Crippen molar-refractivity contribution in [2.24, 2.45) is 17.3 Å². The maximum atomic E-state index is 11.8. The molecular weight excluding hydrogens is 160 g/mol. The Bertz CT molecular complexity index is 277. The maximum Gasteiger partial charge on any atom is 0.139 e. The van der Waals surface area contributed by atoms with E-state index in [-0.39, 0.29) is 5.41 Å². The van der Waals surface area contributed by atoms with Crippen molar-refractivity contribution in [2.45, 2.75) is 40.0 Å². The molecule has 2 aliphatic carbocycles. The summed E-state index contributed by atoms with van der Waals surface area (Å²) in [6.07, 6.45) is 5.14. The van der Waals surface area contributed by atoms with Gasteiger partial charge in [-0.2, -0.15) is 0 Å². The molecule has 2 bridgehead atoms. The molecule has 2 rings (SSSR count). The summed E-state index contributed by atoms with van der Waals surface area (Å²) in [6, 6.07) is 0. The lowest BCUT2D eigenvalue weighted by molar-refractivity contribution is -0.133. The van der Waals surface area contributed by atoms with Gasteiger partial charge in [-0.15, -0.1) is 0 Å². The van der Waals surface area contributed by atoms with Crippen molar-refractivity contribution >= 4 is 5.78 Å². The average Bonchev–Trinajstić information content (AvgIpc) is 2.07. The molecule has 1 heteroatoms. The number of rotatable bonds is 0. The van der Waals surface area contributed by atoms with Crippen LogP contribution in [0, 0.1) is 17.3 Å². The molecule has 0 aromatic carbocycles. The smallest absolute Gasteiger partial charge is 0.139 e. The lowest BCUT2D eigenvalue weighted by Gasteiger charge is -2.44. The van der Waals surface area contributed by atoms with E-state index in [1.54, 1.807) is 0 Å². The summed E-state index contributed by atoms with van der Waals surface area (Å²) >= 11 is 0. The zero-order valence-electron chi connectivity index (χ0n) is 8.76. The van der Waals surface area contributed by atoms with Gasteiger partial charge in [-0.25, -0.2) is 0 Å². The lowest BCUT2D eigenvalue weighted by Crippen LogP contribution is -2.41. The van der Waals surface area contributed by atoms with Gasteiger partial charge in [0.2, 0.25) is 0 Å². The second-order valence-corrected chi connectivity index (χ2v) is 5.13. The number of hydrogen-bond acceptors (Lipinski definition) is 1. The van der Waals surface area contributed by atoms with Gasteiger partial charge in [-0.1, -0.05) is 25.5 Å². The van der Waals surface area contributed by atoms with Crippen LogP contribution < -0.4 is 0 Å². The summed E-state index contributed by atoms with van der Waals surface area (Å²) < 4.78 is 0. The summed E-state index contributed by atoms with van der Waals surface area (Å²) in [5.41, 5.74) is 1.49. The summed E-state index contributed by atoms with van der Waals surface area (Å²) in [6.45, 7) is 6.57. The van der Waals surface area contributed by atoms with E-state index in [2.05, 4.69) is 26.8 Å². The molecule has 0 amide bonds. The third-order valence-corrected chi connectivity index (χ3v) is 4.00. The van der Waals surface area contributed by atoms with E-state index in [1.807, 2.05) is 0 Å². The van der Waals surface area contributed by atoms with Gasteiger partial charge in [0.05, 0.1) is 0 Å². The Morgan fingerprint density at radius 2 is 2.23 bits per heavy atom. The highest BCUT2D eigenvalue weighted by Crippen LogP contribution is 2.48. The molecule has 13 heavy (non-hydrogen) atoms. The molecule has 1 nitrogen and oxygen atoms in total. The van der Waals surface area contributed by atoms with E-state index in [0.717, 1.165) is 19.3 Å². The number of allylic oxidation sites excluding steroid dienone is 2. The Kier molecular flexibility index (Phi) is 1.86. The zero-order valence-corrected chi connectivity index (χ0v) is 8.76. The Morgan fingerprint density at radius 1 is 1.54 bits per heavy atom. The first kappa shape index (κ1) is 8.98. The van der Waals surface area contributed by atoms with E-state index in [0.29, 0.717) is 17.6 Å². The van der Waals surface area contributed by atoms with Crippen molar-refractivity contribution in [3.05, 3.63) is 11.6 Å². The predicted octanol–water partition coefficient (Wildman–Crippen LogP) is 2.96. The van der Waals surface area contributed by atoms with Gasteiger partial charge in [0.1, 0.15) is 5.78 Å². The van der Waals surface area contributed by atoms with Crippen LogP contribution in [0.25, 0.3) is 0 Å². The Balaban J connectivity index is 2.35. The van der Waals surface area contributed by atoms with E-state index in [1.165, 1.54) is 5.57 Å². The first-order valence-corrected chi connectivity index (χ1v) is 5.23. The molecular formula is C12H18O. The topological polar surface area (TPSA) is 17.1 Å². The minimum absolute atomic E-state index is 0.0172. The minimum Gasteiger partial charge on any atom is -0.299 e. The van der Waals surface area contributed by atoms with Crippen LogP contribution in [0.2, 0.25) is 0 Å². The second-order valence-electron chi connectivity index (χ2n) is 5.13. The van der Waals surface area contributed by atoms with Crippen molar-refractivity contribution in [2.75, 3.05) is 0 Å². The summed E-state index contributed by atoms with van der Waals surface area (Å²) in [4.78, 5) is 11.8. The first-order valence-electron chi connectivity index (χ1n) is 5.23. The van der Waals surface area contributed by atoms with Gasteiger partial charge >= 0.3 is 0 Å². The molecule has 0 radical (unpaired) electrons. The molecule has 1 saturated carbocycles. The number of fused-ring (bicyclic) bond motifs is 2. The molecule has 0 aliphatic heterocycles. The standard InChI is InChI=1S/C12H18O/c1-8-4-5-12(3)7-10(8)9(2)6-11(12)13/h4,9-10H,5-7H2,1-3H3/t9-,10+,12+/m0/s1. The van der Waals surface area contributed by atoms with Gasteiger partial charge in [0.15, 0.2) is 0 Å². The molecule has 0 unspecified atom stereocenters. The lowest BCUT2D eigenvalue weighted by atomic mass is 9.59. The first-order chi connectivity index (χ1) is 6.03. The molecule has 0 saturated heterocycles. The second kappa shape index (κ2) is 2.70. The molecule has 0 spiro atoms. The van der Waals surface area contributed by atoms with E-state index < -0.39 is 0 Å². The summed E-state index contributed by atoms with van der Waals surface area (Å²) in [5, 5.41) is 0. The largest absolute Gasteiger partial charge is 0.299 e. The molecule has 72 valence electrons. The van der Waals surface area contributed by atoms with Crippen LogP contribution in [0.15, 0.2) is 11.6 Å². The molecule has 0 heterocycles. The fourth-order valence-corrected chi connectivity index (χ4v) is 2.83. The number of Topliss-reactive ketones (excluding diaryl/α,β-unsaturated/α-hetero) is 1. The highest BCUT2D eigenvalue weighted by molar-refractivity contribution is 5.86. The van der Waals surface area contributed by atoms with Crippen molar-refractivity contribution < 1.29 is 4.79 Å².